The lowest BCUT2D eigenvalue weighted by Crippen LogP contribution is -2.12. The van der Waals surface area contributed by atoms with Crippen LogP contribution in [-0.2, 0) is 6.18 Å². The third-order valence-electron chi connectivity index (χ3n) is 5.09. The topological polar surface area (TPSA) is 20.2 Å². The Morgan fingerprint density at radius 2 is 1.60 bits per heavy atom. The third kappa shape index (κ3) is 2.12. The van der Waals surface area contributed by atoms with Crippen LogP contribution in [0.2, 0.25) is 0 Å². The zero-order valence-electron chi connectivity index (χ0n) is 11.8. The number of aliphatic hydroxyl groups is 1. The van der Waals surface area contributed by atoms with Gasteiger partial charge in [-0.25, -0.2) is 4.39 Å². The molecule has 1 N–H and O–H groups in total. The minimum absolute atomic E-state index is 0.113. The summed E-state index contributed by atoms with van der Waals surface area (Å²) in [5, 5.41) is 10.3. The lowest BCUT2D eigenvalue weighted by Gasteiger charge is -2.16. The smallest absolute Gasteiger partial charge is 0.388 e. The minimum atomic E-state index is -4.76. The number of alkyl halides is 3. The molecule has 2 rings (SSSR count). The summed E-state index contributed by atoms with van der Waals surface area (Å²) in [6, 6.07) is 2.70. The molecule has 1 aromatic carbocycles. The highest BCUT2D eigenvalue weighted by Gasteiger charge is 2.67. The second-order valence-electron chi connectivity index (χ2n) is 6.60. The Kier molecular flexibility index (Phi) is 3.21. The van der Waals surface area contributed by atoms with Crippen LogP contribution in [-0.4, -0.2) is 5.11 Å². The summed E-state index contributed by atoms with van der Waals surface area (Å²) >= 11 is 0. The van der Waals surface area contributed by atoms with Crippen LogP contribution in [0, 0.1) is 22.6 Å². The minimum Gasteiger partial charge on any atom is -0.388 e. The highest BCUT2D eigenvalue weighted by Crippen LogP contribution is 2.72. The average Bonchev–Trinajstić information content (AvgIpc) is 2.67. The number of rotatable bonds is 2. The highest BCUT2D eigenvalue weighted by atomic mass is 19.4. The van der Waals surface area contributed by atoms with Crippen LogP contribution in [0.4, 0.5) is 17.6 Å². The van der Waals surface area contributed by atoms with E-state index >= 15 is 0 Å². The van der Waals surface area contributed by atoms with Crippen LogP contribution in [0.1, 0.15) is 44.9 Å². The molecule has 1 unspecified atom stereocenters. The number of hydrogen-bond acceptors (Lipinski definition) is 1. The molecule has 1 nitrogen and oxygen atoms in total. The molecular formula is C15H18F4O. The third-order valence-corrected chi connectivity index (χ3v) is 5.09. The Morgan fingerprint density at radius 1 is 1.10 bits per heavy atom. The molecule has 1 aromatic rings. The number of benzene rings is 1. The van der Waals surface area contributed by atoms with Crippen LogP contribution in [0.3, 0.4) is 0 Å². The zero-order valence-corrected chi connectivity index (χ0v) is 11.8. The summed E-state index contributed by atoms with van der Waals surface area (Å²) < 4.78 is 51.3. The second kappa shape index (κ2) is 4.20. The molecule has 0 bridgehead atoms. The van der Waals surface area contributed by atoms with Gasteiger partial charge in [-0.15, -0.1) is 0 Å². The Bertz CT molecular complexity index is 517. The fourth-order valence-electron chi connectivity index (χ4n) is 3.17. The van der Waals surface area contributed by atoms with E-state index in [0.29, 0.717) is 6.07 Å². The van der Waals surface area contributed by atoms with Crippen molar-refractivity contribution in [2.45, 2.75) is 40.0 Å². The van der Waals surface area contributed by atoms with Crippen molar-refractivity contribution in [2.75, 3.05) is 0 Å². The molecule has 1 atom stereocenters. The molecular weight excluding hydrogens is 272 g/mol. The monoisotopic (exact) mass is 290 g/mol. The molecule has 5 heteroatoms. The van der Waals surface area contributed by atoms with Gasteiger partial charge < -0.3 is 5.11 Å². The van der Waals surface area contributed by atoms with Gasteiger partial charge in [0.1, 0.15) is 5.82 Å². The summed E-state index contributed by atoms with van der Waals surface area (Å²) in [7, 11) is 0. The van der Waals surface area contributed by atoms with Crippen LogP contribution in [0.25, 0.3) is 0 Å². The maximum absolute atomic E-state index is 13.2. The van der Waals surface area contributed by atoms with E-state index in [9.17, 15) is 22.7 Å². The first-order valence-corrected chi connectivity index (χ1v) is 6.45. The quantitative estimate of drug-likeness (QED) is 0.792. The summed E-state index contributed by atoms with van der Waals surface area (Å²) in [6.45, 7) is 7.87. The van der Waals surface area contributed by atoms with Gasteiger partial charge in [-0.1, -0.05) is 33.8 Å². The van der Waals surface area contributed by atoms with Crippen molar-refractivity contribution in [3.05, 3.63) is 35.1 Å². The zero-order chi connectivity index (χ0) is 15.5. The van der Waals surface area contributed by atoms with E-state index < -0.39 is 23.7 Å². The van der Waals surface area contributed by atoms with E-state index in [1.54, 1.807) is 0 Å². The average molecular weight is 290 g/mol. The van der Waals surface area contributed by atoms with Gasteiger partial charge >= 0.3 is 6.18 Å². The molecule has 0 aromatic heterocycles. The summed E-state index contributed by atoms with van der Waals surface area (Å²) in [4.78, 5) is 0. The van der Waals surface area contributed by atoms with Crippen LogP contribution in [0.15, 0.2) is 18.2 Å². The molecule has 0 spiro atoms. The number of halogens is 4. The van der Waals surface area contributed by atoms with Crippen molar-refractivity contribution >= 4 is 0 Å². The van der Waals surface area contributed by atoms with E-state index in [1.807, 2.05) is 27.7 Å². The fraction of sp³-hybridized carbons (Fsp3) is 0.600. The van der Waals surface area contributed by atoms with Gasteiger partial charge in [-0.2, -0.15) is 13.2 Å². The Hall–Kier alpha value is -1.10. The number of hydrogen-bond donors (Lipinski definition) is 1. The molecule has 0 radical (unpaired) electrons. The molecule has 0 saturated heterocycles. The molecule has 1 saturated carbocycles. The van der Waals surface area contributed by atoms with Gasteiger partial charge in [0, 0.05) is 5.92 Å². The molecule has 0 heterocycles. The molecule has 1 aliphatic carbocycles. The lowest BCUT2D eigenvalue weighted by atomic mass is 9.97. The molecule has 0 amide bonds. The van der Waals surface area contributed by atoms with Crippen LogP contribution < -0.4 is 0 Å². The maximum Gasteiger partial charge on any atom is 0.419 e. The normalized spacial score (nSPS) is 22.6. The first kappa shape index (κ1) is 15.3. The van der Waals surface area contributed by atoms with Crippen molar-refractivity contribution in [3.63, 3.8) is 0 Å². The van der Waals surface area contributed by atoms with Crippen molar-refractivity contribution in [2.24, 2.45) is 16.7 Å². The molecule has 1 fully saturated rings. The standard InChI is InChI=1S/C15H18F4O/c1-13(2)12(14(13,3)4)11(20)8-5-6-10(16)9(7-8)15(17,18)19/h5-7,11-12,20H,1-4H3. The number of aliphatic hydroxyl groups excluding tert-OH is 1. The second-order valence-corrected chi connectivity index (χ2v) is 6.60. The van der Waals surface area contributed by atoms with Gasteiger partial charge in [0.05, 0.1) is 11.7 Å². The van der Waals surface area contributed by atoms with Gasteiger partial charge in [-0.3, -0.25) is 0 Å². The van der Waals surface area contributed by atoms with Gasteiger partial charge in [0.25, 0.3) is 0 Å². The van der Waals surface area contributed by atoms with Crippen molar-refractivity contribution in [1.82, 2.24) is 0 Å². The van der Waals surface area contributed by atoms with Crippen LogP contribution in [0.5, 0.6) is 0 Å². The largest absolute Gasteiger partial charge is 0.419 e. The predicted octanol–water partition coefficient (Wildman–Crippen LogP) is 4.56. The van der Waals surface area contributed by atoms with Gasteiger partial charge in [-0.05, 0) is 28.5 Å². The molecule has 0 aliphatic heterocycles. The van der Waals surface area contributed by atoms with Crippen molar-refractivity contribution in [3.8, 4) is 0 Å². The van der Waals surface area contributed by atoms with Gasteiger partial charge in [0.2, 0.25) is 0 Å². The first-order valence-electron chi connectivity index (χ1n) is 6.45. The Balaban J connectivity index is 2.36. The summed E-state index contributed by atoms with van der Waals surface area (Å²) in [6.07, 6.45) is -5.78. The van der Waals surface area contributed by atoms with E-state index in [0.717, 1.165) is 6.07 Å². The molecule has 20 heavy (non-hydrogen) atoms. The maximum atomic E-state index is 13.2. The first-order chi connectivity index (χ1) is 8.90. The Morgan fingerprint density at radius 3 is 2.00 bits per heavy atom. The Labute approximate surface area is 115 Å². The summed E-state index contributed by atoms with van der Waals surface area (Å²) in [5.74, 6) is -1.47. The highest BCUT2D eigenvalue weighted by molar-refractivity contribution is 5.32. The SMILES string of the molecule is CC1(C)C(C(O)c2ccc(F)c(C(F)(F)F)c2)C1(C)C. The molecule has 1 aliphatic rings. The van der Waals surface area contributed by atoms with Crippen LogP contribution >= 0.6 is 0 Å². The van der Waals surface area contributed by atoms with E-state index in [2.05, 4.69) is 0 Å². The van der Waals surface area contributed by atoms with E-state index in [-0.39, 0.29) is 22.3 Å². The predicted molar refractivity (Wildman–Crippen MR) is 67.4 cm³/mol. The van der Waals surface area contributed by atoms with E-state index in [1.165, 1.54) is 6.07 Å². The van der Waals surface area contributed by atoms with Crippen molar-refractivity contribution in [1.29, 1.82) is 0 Å². The fourth-order valence-corrected chi connectivity index (χ4v) is 3.17. The van der Waals surface area contributed by atoms with Gasteiger partial charge in [0.15, 0.2) is 0 Å². The summed E-state index contributed by atoms with van der Waals surface area (Å²) in [5.41, 5.74) is -1.55. The molecule has 112 valence electrons. The lowest BCUT2D eigenvalue weighted by molar-refractivity contribution is -0.140. The van der Waals surface area contributed by atoms with Crippen molar-refractivity contribution < 1.29 is 22.7 Å². The van der Waals surface area contributed by atoms with E-state index in [4.69, 9.17) is 0 Å².